The summed E-state index contributed by atoms with van der Waals surface area (Å²) in [5.74, 6) is -1.62. The number of pyridine rings is 1. The van der Waals surface area contributed by atoms with E-state index in [9.17, 15) is 14.0 Å². The highest BCUT2D eigenvalue weighted by Crippen LogP contribution is 2.25. The number of amides is 2. The third-order valence-corrected chi connectivity index (χ3v) is 6.53. The van der Waals surface area contributed by atoms with Crippen molar-refractivity contribution in [1.29, 1.82) is 0 Å². The Morgan fingerprint density at radius 2 is 1.74 bits per heavy atom. The number of nitrogens with zero attached hydrogens (tertiary/aromatic N) is 3. The van der Waals surface area contributed by atoms with Crippen molar-refractivity contribution in [3.05, 3.63) is 89.5 Å². The lowest BCUT2D eigenvalue weighted by Gasteiger charge is -2.40. The van der Waals surface area contributed by atoms with Gasteiger partial charge >= 0.3 is 11.8 Å². The van der Waals surface area contributed by atoms with Gasteiger partial charge in [0.1, 0.15) is 5.82 Å². The van der Waals surface area contributed by atoms with E-state index in [1.54, 1.807) is 30.6 Å². The molecule has 1 aliphatic rings. The minimum atomic E-state index is -0.701. The van der Waals surface area contributed by atoms with Crippen molar-refractivity contribution in [1.82, 2.24) is 15.2 Å². The first-order valence-electron chi connectivity index (χ1n) is 11.7. The monoisotopic (exact) mass is 475 g/mol. The number of hydrogen-bond donors (Lipinski definition) is 2. The van der Waals surface area contributed by atoms with Crippen molar-refractivity contribution in [2.45, 2.75) is 19.9 Å². The van der Waals surface area contributed by atoms with Crippen LogP contribution >= 0.6 is 0 Å². The zero-order valence-corrected chi connectivity index (χ0v) is 20.0. The fourth-order valence-electron chi connectivity index (χ4n) is 4.35. The van der Waals surface area contributed by atoms with E-state index in [0.717, 1.165) is 16.7 Å². The van der Waals surface area contributed by atoms with Gasteiger partial charge in [-0.15, -0.1) is 0 Å². The standard InChI is InChI=1S/C27H30FN5O2/c1-19-7-5-10-23(20(19)2)31-27(35)26(34)30-18-25(21-8-6-12-29-17-21)33-15-13-32(14-16-33)24-11-4-3-9-22(24)28/h3-12,17,25H,13-16,18H2,1-2H3,(H,30,34)(H,31,35)/t25-/m1/s1. The molecule has 7 nitrogen and oxygen atoms in total. The van der Waals surface area contributed by atoms with E-state index in [2.05, 4.69) is 20.5 Å². The van der Waals surface area contributed by atoms with Crippen LogP contribution in [0.5, 0.6) is 0 Å². The van der Waals surface area contributed by atoms with Crippen LogP contribution in [0.15, 0.2) is 67.0 Å². The maximum atomic E-state index is 14.2. The van der Waals surface area contributed by atoms with E-state index in [0.29, 0.717) is 37.6 Å². The predicted octanol–water partition coefficient (Wildman–Crippen LogP) is 3.46. The molecule has 2 N–H and O–H groups in total. The first-order chi connectivity index (χ1) is 16.9. The van der Waals surface area contributed by atoms with Gasteiger partial charge in [0.05, 0.1) is 11.7 Å². The molecule has 1 aromatic heterocycles. The zero-order valence-electron chi connectivity index (χ0n) is 20.0. The van der Waals surface area contributed by atoms with Gasteiger partial charge in [-0.25, -0.2) is 4.39 Å². The number of hydrogen-bond acceptors (Lipinski definition) is 5. The van der Waals surface area contributed by atoms with E-state index in [1.165, 1.54) is 6.07 Å². The highest BCUT2D eigenvalue weighted by atomic mass is 19.1. The highest BCUT2D eigenvalue weighted by molar-refractivity contribution is 6.39. The minimum Gasteiger partial charge on any atom is -0.367 e. The molecule has 0 radical (unpaired) electrons. The highest BCUT2D eigenvalue weighted by Gasteiger charge is 2.27. The van der Waals surface area contributed by atoms with E-state index >= 15 is 0 Å². The number of halogens is 1. The molecule has 4 rings (SSSR count). The minimum absolute atomic E-state index is 0.163. The summed E-state index contributed by atoms with van der Waals surface area (Å²) in [7, 11) is 0. The van der Waals surface area contributed by atoms with Gasteiger partial charge in [-0.1, -0.05) is 30.3 Å². The van der Waals surface area contributed by atoms with Crippen LogP contribution in [0.25, 0.3) is 0 Å². The van der Waals surface area contributed by atoms with E-state index < -0.39 is 11.8 Å². The summed E-state index contributed by atoms with van der Waals surface area (Å²) >= 11 is 0. The van der Waals surface area contributed by atoms with Crippen LogP contribution in [0.1, 0.15) is 22.7 Å². The Balaban J connectivity index is 1.40. The van der Waals surface area contributed by atoms with Crippen molar-refractivity contribution >= 4 is 23.2 Å². The first kappa shape index (κ1) is 24.3. The van der Waals surface area contributed by atoms with Gasteiger partial charge < -0.3 is 15.5 Å². The molecule has 2 aromatic carbocycles. The smallest absolute Gasteiger partial charge is 0.313 e. The Morgan fingerprint density at radius 1 is 0.971 bits per heavy atom. The first-order valence-corrected chi connectivity index (χ1v) is 11.7. The summed E-state index contributed by atoms with van der Waals surface area (Å²) in [5, 5.41) is 5.49. The molecular weight excluding hydrogens is 445 g/mol. The van der Waals surface area contributed by atoms with Gasteiger partial charge in [0.2, 0.25) is 0 Å². The fraction of sp³-hybridized carbons (Fsp3) is 0.296. The average Bonchev–Trinajstić information content (AvgIpc) is 2.88. The van der Waals surface area contributed by atoms with E-state index in [-0.39, 0.29) is 18.4 Å². The normalized spacial score (nSPS) is 14.9. The molecular formula is C27H30FN5O2. The van der Waals surface area contributed by atoms with Crippen molar-refractivity contribution in [2.24, 2.45) is 0 Å². The molecule has 0 saturated carbocycles. The number of carbonyl (C=O) groups excluding carboxylic acids is 2. The Kier molecular flexibility index (Phi) is 7.72. The second-order valence-electron chi connectivity index (χ2n) is 8.69. The topological polar surface area (TPSA) is 77.6 Å². The summed E-state index contributed by atoms with van der Waals surface area (Å²) in [5.41, 5.74) is 4.13. The summed E-state index contributed by atoms with van der Waals surface area (Å²) < 4.78 is 14.2. The number of aromatic nitrogens is 1. The third kappa shape index (κ3) is 5.84. The maximum absolute atomic E-state index is 14.2. The molecule has 0 unspecified atom stereocenters. The molecule has 35 heavy (non-hydrogen) atoms. The molecule has 1 fully saturated rings. The number of rotatable bonds is 6. The van der Waals surface area contributed by atoms with Crippen molar-refractivity contribution < 1.29 is 14.0 Å². The SMILES string of the molecule is Cc1cccc(NC(=O)C(=O)NC[C@H](c2cccnc2)N2CCN(c3ccccc3F)CC2)c1C. The molecule has 8 heteroatoms. The molecule has 0 spiro atoms. The summed E-state index contributed by atoms with van der Waals surface area (Å²) in [6.45, 7) is 6.77. The number of aryl methyl sites for hydroxylation is 1. The fourth-order valence-corrected chi connectivity index (χ4v) is 4.35. The molecule has 0 aliphatic carbocycles. The average molecular weight is 476 g/mol. The van der Waals surface area contributed by atoms with E-state index in [4.69, 9.17) is 0 Å². The Morgan fingerprint density at radius 3 is 2.46 bits per heavy atom. The second-order valence-corrected chi connectivity index (χ2v) is 8.69. The van der Waals surface area contributed by atoms with Gasteiger partial charge in [0.15, 0.2) is 0 Å². The van der Waals surface area contributed by atoms with Crippen molar-refractivity contribution in [3.63, 3.8) is 0 Å². The van der Waals surface area contributed by atoms with E-state index in [1.807, 2.05) is 49.1 Å². The quantitative estimate of drug-likeness (QED) is 0.534. The lowest BCUT2D eigenvalue weighted by molar-refractivity contribution is -0.136. The molecule has 182 valence electrons. The van der Waals surface area contributed by atoms with Crippen molar-refractivity contribution in [3.8, 4) is 0 Å². The van der Waals surface area contributed by atoms with Crippen LogP contribution in [0, 0.1) is 19.7 Å². The van der Waals surface area contributed by atoms with Gasteiger partial charge in [0.25, 0.3) is 0 Å². The van der Waals surface area contributed by atoms with Gasteiger partial charge in [0, 0.05) is 50.8 Å². The molecule has 1 aliphatic heterocycles. The summed E-state index contributed by atoms with van der Waals surface area (Å²) in [6, 6.07) is 16.0. The maximum Gasteiger partial charge on any atom is 0.313 e. The molecule has 2 amide bonds. The van der Waals surface area contributed by atoms with Crippen LogP contribution in [-0.2, 0) is 9.59 Å². The van der Waals surface area contributed by atoms with Crippen molar-refractivity contribution in [2.75, 3.05) is 42.9 Å². The summed E-state index contributed by atoms with van der Waals surface area (Å²) in [6.07, 6.45) is 3.48. The number of nitrogens with one attached hydrogen (secondary N) is 2. The molecule has 0 bridgehead atoms. The van der Waals surface area contributed by atoms with Gasteiger partial charge in [-0.05, 0) is 54.8 Å². The number of para-hydroxylation sites is 1. The lowest BCUT2D eigenvalue weighted by atomic mass is 10.1. The number of anilines is 2. The Labute approximate surface area is 205 Å². The molecule has 1 saturated heterocycles. The molecule has 1 atom stereocenters. The molecule has 2 heterocycles. The van der Waals surface area contributed by atoms with Crippen LogP contribution in [0.2, 0.25) is 0 Å². The largest absolute Gasteiger partial charge is 0.367 e. The van der Waals surface area contributed by atoms with Gasteiger partial charge in [-0.3, -0.25) is 19.5 Å². The van der Waals surface area contributed by atoms with Gasteiger partial charge in [-0.2, -0.15) is 0 Å². The Bertz CT molecular complexity index is 1180. The zero-order chi connectivity index (χ0) is 24.8. The Hall–Kier alpha value is -3.78. The second kappa shape index (κ2) is 11.1. The summed E-state index contributed by atoms with van der Waals surface area (Å²) in [4.78, 5) is 33.7. The van der Waals surface area contributed by atoms with Crippen LogP contribution in [-0.4, -0.2) is 54.4 Å². The number of piperazine rings is 1. The third-order valence-electron chi connectivity index (χ3n) is 6.53. The lowest BCUT2D eigenvalue weighted by Crippen LogP contribution is -2.50. The predicted molar refractivity (Wildman–Crippen MR) is 135 cm³/mol. The molecule has 3 aromatic rings. The van der Waals surface area contributed by atoms with Crippen LogP contribution in [0.3, 0.4) is 0 Å². The van der Waals surface area contributed by atoms with Crippen LogP contribution < -0.4 is 15.5 Å². The number of carbonyl (C=O) groups is 2. The number of benzene rings is 2. The van der Waals surface area contributed by atoms with Crippen LogP contribution in [0.4, 0.5) is 15.8 Å².